The van der Waals surface area contributed by atoms with E-state index < -0.39 is 5.60 Å². The Morgan fingerprint density at radius 1 is 1.00 bits per heavy atom. The average molecular weight is 252 g/mol. The van der Waals surface area contributed by atoms with Gasteiger partial charge in [-0.15, -0.1) is 0 Å². The van der Waals surface area contributed by atoms with Crippen LogP contribution in [0.25, 0.3) is 0 Å². The van der Waals surface area contributed by atoms with Crippen LogP contribution in [0.3, 0.4) is 0 Å². The van der Waals surface area contributed by atoms with Gasteiger partial charge in [0.2, 0.25) is 0 Å². The first-order valence-corrected chi connectivity index (χ1v) is 6.72. The van der Waals surface area contributed by atoms with E-state index in [0.717, 1.165) is 12.2 Å². The fraction of sp³-hybridized carbons (Fsp3) is 0.600. The van der Waals surface area contributed by atoms with Gasteiger partial charge in [0.15, 0.2) is 11.5 Å². The summed E-state index contributed by atoms with van der Waals surface area (Å²) in [6.07, 6.45) is 2.32. The molecular weight excluding hydrogens is 228 g/mol. The number of hydrogen-bond acceptors (Lipinski definition) is 3. The summed E-state index contributed by atoms with van der Waals surface area (Å²) in [5.41, 5.74) is -0.752. The first-order valence-electron chi connectivity index (χ1n) is 6.72. The maximum absolute atomic E-state index is 10.2. The number of para-hydroxylation sites is 2. The third kappa shape index (κ3) is 4.22. The highest BCUT2D eigenvalue weighted by Gasteiger charge is 2.23. The van der Waals surface area contributed by atoms with E-state index in [1.54, 1.807) is 0 Å². The van der Waals surface area contributed by atoms with Crippen LogP contribution >= 0.6 is 0 Å². The molecule has 1 aromatic carbocycles. The highest BCUT2D eigenvalue weighted by Crippen LogP contribution is 2.28. The first kappa shape index (κ1) is 14.8. The number of aliphatic hydroxyl groups is 1. The van der Waals surface area contributed by atoms with Crippen molar-refractivity contribution < 1.29 is 14.6 Å². The summed E-state index contributed by atoms with van der Waals surface area (Å²) >= 11 is 0. The summed E-state index contributed by atoms with van der Waals surface area (Å²) in [7, 11) is 0. The third-order valence-electron chi connectivity index (χ3n) is 3.12. The van der Waals surface area contributed by atoms with Gasteiger partial charge in [-0.05, 0) is 31.4 Å². The van der Waals surface area contributed by atoms with E-state index in [-0.39, 0.29) is 0 Å². The molecule has 3 heteroatoms. The van der Waals surface area contributed by atoms with Crippen LogP contribution < -0.4 is 9.47 Å². The summed E-state index contributed by atoms with van der Waals surface area (Å²) in [5, 5.41) is 10.2. The average Bonchev–Trinajstić information content (AvgIpc) is 2.43. The van der Waals surface area contributed by atoms with Gasteiger partial charge < -0.3 is 14.6 Å². The van der Waals surface area contributed by atoms with Crippen LogP contribution in [0, 0.1) is 0 Å². The molecule has 0 unspecified atom stereocenters. The standard InChI is InChI=1S/C15H24O3/c1-4-11-17-13-9-7-8-10-14(13)18-12-15(16,5-2)6-3/h7-10,16H,4-6,11-12H2,1-3H3. The van der Waals surface area contributed by atoms with Crippen LogP contribution in [0.5, 0.6) is 11.5 Å². The molecule has 0 aliphatic rings. The minimum atomic E-state index is -0.752. The lowest BCUT2D eigenvalue weighted by molar-refractivity contribution is -0.0120. The van der Waals surface area contributed by atoms with Gasteiger partial charge in [-0.3, -0.25) is 0 Å². The zero-order chi connectivity index (χ0) is 13.4. The van der Waals surface area contributed by atoms with E-state index in [4.69, 9.17) is 9.47 Å². The van der Waals surface area contributed by atoms with E-state index >= 15 is 0 Å². The molecule has 0 amide bonds. The molecular formula is C15H24O3. The van der Waals surface area contributed by atoms with Crippen molar-refractivity contribution in [2.45, 2.75) is 45.6 Å². The molecule has 0 heterocycles. The molecule has 3 nitrogen and oxygen atoms in total. The maximum Gasteiger partial charge on any atom is 0.161 e. The van der Waals surface area contributed by atoms with Gasteiger partial charge in [-0.1, -0.05) is 32.9 Å². The van der Waals surface area contributed by atoms with Crippen LogP contribution in [0.15, 0.2) is 24.3 Å². The summed E-state index contributed by atoms with van der Waals surface area (Å²) in [6.45, 7) is 6.97. The number of hydrogen-bond donors (Lipinski definition) is 1. The monoisotopic (exact) mass is 252 g/mol. The van der Waals surface area contributed by atoms with Crippen molar-refractivity contribution in [2.24, 2.45) is 0 Å². The lowest BCUT2D eigenvalue weighted by Crippen LogP contribution is -2.34. The van der Waals surface area contributed by atoms with Crippen molar-refractivity contribution in [3.8, 4) is 11.5 Å². The van der Waals surface area contributed by atoms with E-state index in [2.05, 4.69) is 6.92 Å². The molecule has 0 aliphatic heterocycles. The fourth-order valence-corrected chi connectivity index (χ4v) is 1.57. The number of ether oxygens (including phenoxy) is 2. The zero-order valence-corrected chi connectivity index (χ0v) is 11.6. The van der Waals surface area contributed by atoms with Crippen molar-refractivity contribution in [1.29, 1.82) is 0 Å². The molecule has 0 bridgehead atoms. The van der Waals surface area contributed by atoms with Gasteiger partial charge in [0.1, 0.15) is 6.61 Å². The fourth-order valence-electron chi connectivity index (χ4n) is 1.57. The van der Waals surface area contributed by atoms with Crippen LogP contribution in [-0.4, -0.2) is 23.9 Å². The summed E-state index contributed by atoms with van der Waals surface area (Å²) in [4.78, 5) is 0. The molecule has 0 radical (unpaired) electrons. The first-order chi connectivity index (χ1) is 8.65. The van der Waals surface area contributed by atoms with Crippen molar-refractivity contribution in [3.05, 3.63) is 24.3 Å². The predicted octanol–water partition coefficient (Wildman–Crippen LogP) is 3.41. The van der Waals surface area contributed by atoms with Crippen molar-refractivity contribution >= 4 is 0 Å². The molecule has 0 atom stereocenters. The zero-order valence-electron chi connectivity index (χ0n) is 11.6. The third-order valence-corrected chi connectivity index (χ3v) is 3.12. The quantitative estimate of drug-likeness (QED) is 0.770. The molecule has 1 rings (SSSR count). The Balaban J connectivity index is 2.66. The van der Waals surface area contributed by atoms with Crippen LogP contribution in [0.1, 0.15) is 40.0 Å². The summed E-state index contributed by atoms with van der Waals surface area (Å²) in [5.74, 6) is 1.44. The van der Waals surface area contributed by atoms with Gasteiger partial charge in [-0.25, -0.2) is 0 Å². The Morgan fingerprint density at radius 3 is 2.06 bits per heavy atom. The SMILES string of the molecule is CCCOc1ccccc1OCC(O)(CC)CC. The second-order valence-electron chi connectivity index (χ2n) is 4.52. The van der Waals surface area contributed by atoms with Crippen LogP contribution in [-0.2, 0) is 0 Å². The van der Waals surface area contributed by atoms with Gasteiger partial charge in [0.05, 0.1) is 12.2 Å². The molecule has 1 aromatic rings. The predicted molar refractivity (Wildman–Crippen MR) is 73.3 cm³/mol. The van der Waals surface area contributed by atoms with Gasteiger partial charge in [0.25, 0.3) is 0 Å². The van der Waals surface area contributed by atoms with Gasteiger partial charge in [0, 0.05) is 0 Å². The number of rotatable bonds is 8. The summed E-state index contributed by atoms with van der Waals surface area (Å²) < 4.78 is 11.3. The van der Waals surface area contributed by atoms with Crippen molar-refractivity contribution in [1.82, 2.24) is 0 Å². The van der Waals surface area contributed by atoms with E-state index in [1.807, 2.05) is 38.1 Å². The van der Waals surface area contributed by atoms with E-state index in [0.29, 0.717) is 31.8 Å². The maximum atomic E-state index is 10.2. The highest BCUT2D eigenvalue weighted by molar-refractivity contribution is 5.39. The Kier molecular flexibility index (Phi) is 5.99. The molecule has 0 aliphatic carbocycles. The lowest BCUT2D eigenvalue weighted by atomic mass is 9.99. The lowest BCUT2D eigenvalue weighted by Gasteiger charge is -2.25. The Hall–Kier alpha value is -1.22. The molecule has 0 fully saturated rings. The molecule has 0 aromatic heterocycles. The smallest absolute Gasteiger partial charge is 0.161 e. The molecule has 0 saturated carbocycles. The van der Waals surface area contributed by atoms with Gasteiger partial charge in [-0.2, -0.15) is 0 Å². The van der Waals surface area contributed by atoms with E-state index in [9.17, 15) is 5.11 Å². The van der Waals surface area contributed by atoms with Crippen LogP contribution in [0.4, 0.5) is 0 Å². The Labute approximate surface area is 110 Å². The normalized spacial score (nSPS) is 11.3. The second kappa shape index (κ2) is 7.27. The molecule has 1 N–H and O–H groups in total. The van der Waals surface area contributed by atoms with Gasteiger partial charge >= 0.3 is 0 Å². The molecule has 18 heavy (non-hydrogen) atoms. The second-order valence-corrected chi connectivity index (χ2v) is 4.52. The Bertz CT molecular complexity index is 345. The molecule has 102 valence electrons. The summed E-state index contributed by atoms with van der Waals surface area (Å²) in [6, 6.07) is 7.59. The Morgan fingerprint density at radius 2 is 1.56 bits per heavy atom. The topological polar surface area (TPSA) is 38.7 Å². The number of benzene rings is 1. The van der Waals surface area contributed by atoms with Crippen molar-refractivity contribution in [3.63, 3.8) is 0 Å². The molecule has 0 saturated heterocycles. The largest absolute Gasteiger partial charge is 0.490 e. The van der Waals surface area contributed by atoms with Crippen molar-refractivity contribution in [2.75, 3.05) is 13.2 Å². The van der Waals surface area contributed by atoms with Crippen LogP contribution in [0.2, 0.25) is 0 Å². The minimum Gasteiger partial charge on any atom is -0.490 e. The van der Waals surface area contributed by atoms with E-state index in [1.165, 1.54) is 0 Å². The highest BCUT2D eigenvalue weighted by atomic mass is 16.5. The minimum absolute atomic E-state index is 0.298. The molecule has 0 spiro atoms.